The molecule has 0 saturated heterocycles. The van der Waals surface area contributed by atoms with Crippen molar-refractivity contribution in [2.45, 2.75) is 71.1 Å². The third-order valence-corrected chi connectivity index (χ3v) is 2.77. The lowest BCUT2D eigenvalue weighted by atomic mass is 10.1. The lowest BCUT2D eigenvalue weighted by Crippen LogP contribution is -2.18. The summed E-state index contributed by atoms with van der Waals surface area (Å²) in [6.45, 7) is 2.24. The van der Waals surface area contributed by atoms with Crippen molar-refractivity contribution in [3.63, 3.8) is 0 Å². The molecule has 0 unspecified atom stereocenters. The summed E-state index contributed by atoms with van der Waals surface area (Å²) in [7, 11) is 3.46. The smallest absolute Gasteiger partial charge is 0.325 e. The van der Waals surface area contributed by atoms with Gasteiger partial charge in [-0.3, -0.25) is 4.79 Å². The summed E-state index contributed by atoms with van der Waals surface area (Å²) >= 11 is 0. The van der Waals surface area contributed by atoms with Crippen LogP contribution in [0.4, 0.5) is 0 Å². The van der Waals surface area contributed by atoms with E-state index in [0.717, 1.165) is 12.8 Å². The van der Waals surface area contributed by atoms with Gasteiger partial charge in [0.05, 0.1) is 0 Å². The first-order valence-corrected chi connectivity index (χ1v) is 7.05. The summed E-state index contributed by atoms with van der Waals surface area (Å²) in [5, 5.41) is 1.45. The topological polar surface area (TPSA) is 29.5 Å². The molecular formula is C14H29NO2. The Labute approximate surface area is 106 Å². The van der Waals surface area contributed by atoms with E-state index in [-0.39, 0.29) is 5.97 Å². The maximum absolute atomic E-state index is 11.2. The predicted molar refractivity (Wildman–Crippen MR) is 71.6 cm³/mol. The molecule has 0 saturated carbocycles. The fourth-order valence-corrected chi connectivity index (χ4v) is 1.83. The van der Waals surface area contributed by atoms with E-state index < -0.39 is 0 Å². The van der Waals surface area contributed by atoms with E-state index in [1.807, 2.05) is 0 Å². The highest BCUT2D eigenvalue weighted by molar-refractivity contribution is 5.68. The maximum Gasteiger partial charge on any atom is 0.325 e. The van der Waals surface area contributed by atoms with Crippen LogP contribution >= 0.6 is 0 Å². The largest absolute Gasteiger partial charge is 0.369 e. The second-order valence-electron chi connectivity index (χ2n) is 4.85. The van der Waals surface area contributed by atoms with Gasteiger partial charge in [-0.05, 0) is 6.42 Å². The summed E-state index contributed by atoms with van der Waals surface area (Å²) in [6, 6.07) is 0. The Hall–Kier alpha value is -0.570. The van der Waals surface area contributed by atoms with Crippen LogP contribution in [0.5, 0.6) is 0 Å². The van der Waals surface area contributed by atoms with E-state index >= 15 is 0 Å². The highest BCUT2D eigenvalue weighted by Crippen LogP contribution is 2.10. The number of carbonyl (C=O) groups is 1. The van der Waals surface area contributed by atoms with Gasteiger partial charge >= 0.3 is 5.97 Å². The second-order valence-corrected chi connectivity index (χ2v) is 4.85. The number of unbranched alkanes of at least 4 members (excludes halogenated alkanes) is 8. The molecule has 0 rings (SSSR count). The van der Waals surface area contributed by atoms with Crippen LogP contribution in [0.3, 0.4) is 0 Å². The molecule has 0 atom stereocenters. The van der Waals surface area contributed by atoms with Gasteiger partial charge in [0.15, 0.2) is 0 Å². The number of nitrogens with zero attached hydrogens (tertiary/aromatic N) is 1. The second kappa shape index (κ2) is 11.9. The summed E-state index contributed by atoms with van der Waals surface area (Å²) in [4.78, 5) is 16.1. The van der Waals surface area contributed by atoms with Crippen LogP contribution < -0.4 is 0 Å². The first-order valence-electron chi connectivity index (χ1n) is 7.05. The zero-order chi connectivity index (χ0) is 12.9. The monoisotopic (exact) mass is 243 g/mol. The molecule has 0 spiro atoms. The van der Waals surface area contributed by atoms with Gasteiger partial charge in [0.2, 0.25) is 0 Å². The lowest BCUT2D eigenvalue weighted by molar-refractivity contribution is -0.178. The summed E-state index contributed by atoms with van der Waals surface area (Å²) < 4.78 is 0. The first-order chi connectivity index (χ1) is 8.16. The van der Waals surface area contributed by atoms with Gasteiger partial charge in [0, 0.05) is 20.5 Å². The number of rotatable bonds is 11. The van der Waals surface area contributed by atoms with Gasteiger partial charge in [0.1, 0.15) is 0 Å². The third-order valence-electron chi connectivity index (χ3n) is 2.77. The summed E-state index contributed by atoms with van der Waals surface area (Å²) in [5.41, 5.74) is 0. The Morgan fingerprint density at radius 3 is 1.82 bits per heavy atom. The maximum atomic E-state index is 11.2. The van der Waals surface area contributed by atoms with Crippen LogP contribution in [-0.4, -0.2) is 25.1 Å². The Kier molecular flexibility index (Phi) is 11.5. The molecule has 0 bridgehead atoms. The van der Waals surface area contributed by atoms with Crippen molar-refractivity contribution in [3.05, 3.63) is 0 Å². The molecule has 0 aromatic carbocycles. The van der Waals surface area contributed by atoms with Gasteiger partial charge in [-0.25, -0.2) is 0 Å². The summed E-state index contributed by atoms with van der Waals surface area (Å²) in [6.07, 6.45) is 12.0. The Morgan fingerprint density at radius 1 is 0.882 bits per heavy atom. The van der Waals surface area contributed by atoms with Crippen molar-refractivity contribution in [1.29, 1.82) is 0 Å². The molecule has 3 nitrogen and oxygen atoms in total. The van der Waals surface area contributed by atoms with Crippen LogP contribution in [0.25, 0.3) is 0 Å². The average Bonchev–Trinajstić information content (AvgIpc) is 2.26. The SMILES string of the molecule is CCCCCCCCCCCC(=O)ON(C)C. The minimum Gasteiger partial charge on any atom is -0.369 e. The van der Waals surface area contributed by atoms with Gasteiger partial charge in [0.25, 0.3) is 0 Å². The highest BCUT2D eigenvalue weighted by Gasteiger charge is 2.03. The van der Waals surface area contributed by atoms with Crippen molar-refractivity contribution in [2.24, 2.45) is 0 Å². The molecule has 0 aliphatic rings. The molecule has 17 heavy (non-hydrogen) atoms. The predicted octanol–water partition coefficient (Wildman–Crippen LogP) is 3.93. The normalized spacial score (nSPS) is 10.8. The average molecular weight is 243 g/mol. The molecule has 3 heteroatoms. The van der Waals surface area contributed by atoms with E-state index in [2.05, 4.69) is 6.92 Å². The number of carbonyl (C=O) groups excluding carboxylic acids is 1. The first kappa shape index (κ1) is 16.4. The molecule has 0 aliphatic heterocycles. The van der Waals surface area contributed by atoms with Crippen LogP contribution in [0.1, 0.15) is 71.1 Å². The van der Waals surface area contributed by atoms with Crippen molar-refractivity contribution in [1.82, 2.24) is 5.06 Å². The zero-order valence-corrected chi connectivity index (χ0v) is 11.8. The number of hydroxylamine groups is 2. The fourth-order valence-electron chi connectivity index (χ4n) is 1.83. The van der Waals surface area contributed by atoms with Gasteiger partial charge in [-0.15, -0.1) is 5.06 Å². The number of hydrogen-bond acceptors (Lipinski definition) is 3. The van der Waals surface area contributed by atoms with E-state index in [1.165, 1.54) is 50.0 Å². The molecule has 0 aromatic rings. The molecule has 0 aromatic heterocycles. The van der Waals surface area contributed by atoms with Crippen LogP contribution in [0, 0.1) is 0 Å². The molecule has 0 aliphatic carbocycles. The van der Waals surface area contributed by atoms with Crippen LogP contribution in [0.2, 0.25) is 0 Å². The Bertz CT molecular complexity index is 181. The van der Waals surface area contributed by atoms with Crippen molar-refractivity contribution in [3.8, 4) is 0 Å². The lowest BCUT2D eigenvalue weighted by Gasteiger charge is -2.09. The fraction of sp³-hybridized carbons (Fsp3) is 0.929. The Morgan fingerprint density at radius 2 is 1.35 bits per heavy atom. The standard InChI is InChI=1S/C14H29NO2/c1-4-5-6-7-8-9-10-11-12-13-14(16)17-15(2)3/h4-13H2,1-3H3. The molecule has 102 valence electrons. The Balaban J connectivity index is 3.10. The molecule has 0 radical (unpaired) electrons. The summed E-state index contributed by atoms with van der Waals surface area (Å²) in [5.74, 6) is -0.113. The molecule has 0 heterocycles. The van der Waals surface area contributed by atoms with E-state index in [4.69, 9.17) is 4.84 Å². The number of hydrogen-bond donors (Lipinski definition) is 0. The minimum atomic E-state index is -0.113. The van der Waals surface area contributed by atoms with Crippen molar-refractivity contribution < 1.29 is 9.63 Å². The van der Waals surface area contributed by atoms with Crippen LogP contribution in [-0.2, 0) is 9.63 Å². The van der Waals surface area contributed by atoms with Crippen molar-refractivity contribution in [2.75, 3.05) is 14.1 Å². The minimum absolute atomic E-state index is 0.113. The third kappa shape index (κ3) is 13.4. The van der Waals surface area contributed by atoms with Gasteiger partial charge < -0.3 is 4.84 Å². The molecule has 0 fully saturated rings. The van der Waals surface area contributed by atoms with Crippen LogP contribution in [0.15, 0.2) is 0 Å². The van der Waals surface area contributed by atoms with E-state index in [1.54, 1.807) is 14.1 Å². The van der Waals surface area contributed by atoms with Gasteiger partial charge in [-0.1, -0.05) is 58.3 Å². The zero-order valence-electron chi connectivity index (χ0n) is 11.8. The highest BCUT2D eigenvalue weighted by atomic mass is 16.7. The van der Waals surface area contributed by atoms with Gasteiger partial charge in [-0.2, -0.15) is 0 Å². The molecular weight excluding hydrogens is 214 g/mol. The molecule has 0 amide bonds. The van der Waals surface area contributed by atoms with Crippen molar-refractivity contribution >= 4 is 5.97 Å². The van der Waals surface area contributed by atoms with E-state index in [9.17, 15) is 4.79 Å². The quantitative estimate of drug-likeness (QED) is 0.407. The molecule has 0 N–H and O–H groups in total. The van der Waals surface area contributed by atoms with E-state index in [0.29, 0.717) is 6.42 Å².